The van der Waals surface area contributed by atoms with Gasteiger partial charge in [-0.3, -0.25) is 0 Å². The van der Waals surface area contributed by atoms with Crippen molar-refractivity contribution in [1.82, 2.24) is 19.1 Å². The molecule has 11 rings (SSSR count). The van der Waals surface area contributed by atoms with Gasteiger partial charge in [-0.05, 0) is 91.3 Å². The third-order valence-electron chi connectivity index (χ3n) is 11.6. The Morgan fingerprint density at radius 2 is 0.967 bits per heavy atom. The van der Waals surface area contributed by atoms with Crippen molar-refractivity contribution in [2.45, 2.75) is 13.1 Å². The molecule has 0 radical (unpaired) electrons. The number of aromatic nitrogens is 4. The molecule has 0 unspecified atom stereocenters. The fourth-order valence-electron chi connectivity index (χ4n) is 8.78. The highest BCUT2D eigenvalue weighted by Crippen LogP contribution is 2.42. The molecule has 61 heavy (non-hydrogen) atoms. The van der Waals surface area contributed by atoms with Gasteiger partial charge < -0.3 is 9.13 Å². The van der Waals surface area contributed by atoms with Gasteiger partial charge in [0, 0.05) is 49.5 Å². The van der Waals surface area contributed by atoms with Crippen molar-refractivity contribution >= 4 is 43.6 Å². The Kier molecular flexibility index (Phi) is 8.46. The van der Waals surface area contributed by atoms with Crippen LogP contribution in [0.25, 0.3) is 100 Å². The maximum atomic E-state index is 14.2. The van der Waals surface area contributed by atoms with E-state index in [2.05, 4.69) is 94.1 Å². The van der Waals surface area contributed by atoms with E-state index < -0.39 is 11.7 Å². The molecule has 0 saturated heterocycles. The molecule has 292 valence electrons. The van der Waals surface area contributed by atoms with Crippen LogP contribution < -0.4 is 0 Å². The van der Waals surface area contributed by atoms with Crippen molar-refractivity contribution in [1.29, 1.82) is 0 Å². The molecule has 0 amide bonds. The number of rotatable bonds is 6. The second-order valence-electron chi connectivity index (χ2n) is 15.4. The summed E-state index contributed by atoms with van der Waals surface area (Å²) < 4.78 is 47.0. The standard InChI is InChI=1S/C54H35F3N4/c1-34-23-26-51-44(29-34)45-32-39(54(55,56)57)25-28-52(45)61(51)50-27-24-38(53-58-46(35-13-4-2-5-14-35)33-47(59-53)36-15-6-3-7-16-36)31-43(50)37-17-12-18-40(30-37)60-48-21-10-8-19-41(48)42-20-9-11-22-49(42)60/h2-33H,1H3. The normalized spacial score (nSPS) is 11.9. The van der Waals surface area contributed by atoms with Crippen molar-refractivity contribution in [2.75, 3.05) is 0 Å². The summed E-state index contributed by atoms with van der Waals surface area (Å²) in [5.41, 5.74) is 11.9. The van der Waals surface area contributed by atoms with E-state index in [-0.39, 0.29) is 0 Å². The van der Waals surface area contributed by atoms with Crippen LogP contribution in [0.1, 0.15) is 11.1 Å². The van der Waals surface area contributed by atoms with E-state index >= 15 is 0 Å². The molecule has 4 nitrogen and oxygen atoms in total. The highest BCUT2D eigenvalue weighted by Gasteiger charge is 2.31. The van der Waals surface area contributed by atoms with Gasteiger partial charge in [-0.25, -0.2) is 9.97 Å². The highest BCUT2D eigenvalue weighted by atomic mass is 19.4. The third-order valence-corrected chi connectivity index (χ3v) is 11.6. The average Bonchev–Trinajstić information content (AvgIpc) is 3.81. The minimum absolute atomic E-state index is 0.536. The van der Waals surface area contributed by atoms with Crippen LogP contribution in [0.2, 0.25) is 0 Å². The fourth-order valence-corrected chi connectivity index (χ4v) is 8.78. The molecule has 0 N–H and O–H groups in total. The summed E-state index contributed by atoms with van der Waals surface area (Å²) in [6, 6.07) is 63.7. The molecule has 0 spiro atoms. The second kappa shape index (κ2) is 14.2. The zero-order valence-corrected chi connectivity index (χ0v) is 32.9. The van der Waals surface area contributed by atoms with E-state index in [4.69, 9.17) is 9.97 Å². The molecule has 11 aromatic rings. The van der Waals surface area contributed by atoms with Crippen molar-refractivity contribution in [3.63, 3.8) is 0 Å². The zero-order valence-electron chi connectivity index (χ0n) is 32.9. The van der Waals surface area contributed by atoms with Crippen LogP contribution >= 0.6 is 0 Å². The average molecular weight is 797 g/mol. The molecule has 0 aliphatic carbocycles. The molecule has 0 fully saturated rings. The number of fused-ring (bicyclic) bond motifs is 6. The van der Waals surface area contributed by atoms with Gasteiger partial charge in [0.25, 0.3) is 0 Å². The third kappa shape index (κ3) is 6.25. The van der Waals surface area contributed by atoms with Crippen LogP contribution in [0.4, 0.5) is 13.2 Å². The van der Waals surface area contributed by atoms with E-state index in [1.807, 2.05) is 97.9 Å². The monoisotopic (exact) mass is 796 g/mol. The SMILES string of the molecule is Cc1ccc2c(c1)c1cc(C(F)(F)F)ccc1n2-c1ccc(-c2nc(-c3ccccc3)cc(-c3ccccc3)n2)cc1-c1cccc(-n2c3ccccc3c3ccccc32)c1. The second-order valence-corrected chi connectivity index (χ2v) is 15.4. The van der Waals surface area contributed by atoms with Crippen molar-refractivity contribution in [2.24, 2.45) is 0 Å². The first kappa shape index (κ1) is 36.3. The quantitative estimate of drug-likeness (QED) is 0.168. The molecule has 0 saturated carbocycles. The number of aryl methyl sites for hydroxylation is 1. The highest BCUT2D eigenvalue weighted by molar-refractivity contribution is 6.11. The topological polar surface area (TPSA) is 35.6 Å². The molecule has 0 aliphatic rings. The number of para-hydroxylation sites is 2. The molecular formula is C54H35F3N4. The first-order chi connectivity index (χ1) is 29.8. The van der Waals surface area contributed by atoms with Gasteiger partial charge in [-0.1, -0.05) is 121 Å². The summed E-state index contributed by atoms with van der Waals surface area (Å²) in [5, 5.41) is 3.61. The summed E-state index contributed by atoms with van der Waals surface area (Å²) in [5.74, 6) is 0.555. The van der Waals surface area contributed by atoms with Crippen LogP contribution in [0.3, 0.4) is 0 Å². The Balaban J connectivity index is 1.19. The summed E-state index contributed by atoms with van der Waals surface area (Å²) in [4.78, 5) is 10.3. The van der Waals surface area contributed by atoms with Crippen LogP contribution in [-0.4, -0.2) is 19.1 Å². The predicted molar refractivity (Wildman–Crippen MR) is 242 cm³/mol. The van der Waals surface area contributed by atoms with Gasteiger partial charge >= 0.3 is 6.18 Å². The molecule has 0 aliphatic heterocycles. The molecule has 0 atom stereocenters. The lowest BCUT2D eigenvalue weighted by atomic mass is 9.99. The van der Waals surface area contributed by atoms with Crippen molar-refractivity contribution in [3.05, 3.63) is 205 Å². The summed E-state index contributed by atoms with van der Waals surface area (Å²) in [7, 11) is 0. The number of hydrogen-bond donors (Lipinski definition) is 0. The first-order valence-corrected chi connectivity index (χ1v) is 20.1. The maximum Gasteiger partial charge on any atom is 0.416 e. The zero-order chi connectivity index (χ0) is 41.2. The number of nitrogens with zero attached hydrogens (tertiary/aromatic N) is 4. The van der Waals surface area contributed by atoms with Gasteiger partial charge in [0.2, 0.25) is 0 Å². The molecule has 3 aromatic heterocycles. The minimum Gasteiger partial charge on any atom is -0.309 e. The van der Waals surface area contributed by atoms with E-state index in [0.29, 0.717) is 16.7 Å². The number of halogens is 3. The maximum absolute atomic E-state index is 14.2. The lowest BCUT2D eigenvalue weighted by Crippen LogP contribution is -2.04. The van der Waals surface area contributed by atoms with Gasteiger partial charge in [0.05, 0.1) is 44.7 Å². The van der Waals surface area contributed by atoms with E-state index in [1.54, 1.807) is 6.07 Å². The number of alkyl halides is 3. The van der Waals surface area contributed by atoms with Crippen molar-refractivity contribution < 1.29 is 13.2 Å². The Labute approximate surface area is 349 Å². The Hall–Kier alpha value is -7.77. The number of benzene rings is 8. The summed E-state index contributed by atoms with van der Waals surface area (Å²) in [6.07, 6.45) is -4.49. The molecule has 3 heterocycles. The molecule has 8 aromatic carbocycles. The Morgan fingerprint density at radius 3 is 1.61 bits per heavy atom. The van der Waals surface area contributed by atoms with E-state index in [9.17, 15) is 13.2 Å². The smallest absolute Gasteiger partial charge is 0.309 e. The van der Waals surface area contributed by atoms with Gasteiger partial charge in [-0.2, -0.15) is 13.2 Å². The van der Waals surface area contributed by atoms with Gasteiger partial charge in [0.1, 0.15) is 0 Å². The minimum atomic E-state index is -4.49. The van der Waals surface area contributed by atoms with Crippen LogP contribution in [0.5, 0.6) is 0 Å². The lowest BCUT2D eigenvalue weighted by molar-refractivity contribution is -0.137. The Bertz CT molecular complexity index is 3360. The van der Waals surface area contributed by atoms with Crippen molar-refractivity contribution in [3.8, 4) is 56.4 Å². The predicted octanol–water partition coefficient (Wildman–Crippen LogP) is 14.7. The van der Waals surface area contributed by atoms with Crippen LogP contribution in [0.15, 0.2) is 194 Å². The van der Waals surface area contributed by atoms with Crippen LogP contribution in [-0.2, 0) is 6.18 Å². The fraction of sp³-hybridized carbons (Fsp3) is 0.0370. The summed E-state index contributed by atoms with van der Waals surface area (Å²) >= 11 is 0. The molecule has 0 bridgehead atoms. The largest absolute Gasteiger partial charge is 0.416 e. The number of hydrogen-bond acceptors (Lipinski definition) is 2. The van der Waals surface area contributed by atoms with Gasteiger partial charge in [0.15, 0.2) is 5.82 Å². The Morgan fingerprint density at radius 1 is 0.410 bits per heavy atom. The molecule has 7 heteroatoms. The van der Waals surface area contributed by atoms with E-state index in [1.165, 1.54) is 12.1 Å². The molecular weight excluding hydrogens is 762 g/mol. The van der Waals surface area contributed by atoms with Crippen LogP contribution in [0, 0.1) is 6.92 Å². The van der Waals surface area contributed by atoms with E-state index in [0.717, 1.165) is 88.9 Å². The summed E-state index contributed by atoms with van der Waals surface area (Å²) in [6.45, 7) is 1.96. The first-order valence-electron chi connectivity index (χ1n) is 20.1. The lowest BCUT2D eigenvalue weighted by Gasteiger charge is -2.18. The van der Waals surface area contributed by atoms with Gasteiger partial charge in [-0.15, -0.1) is 0 Å².